The molecule has 1 fully saturated rings. The molecule has 19 heavy (non-hydrogen) atoms. The van der Waals surface area contributed by atoms with Gasteiger partial charge in [0.15, 0.2) is 11.6 Å². The molecule has 1 aliphatic heterocycles. The molecule has 0 radical (unpaired) electrons. The van der Waals surface area contributed by atoms with Gasteiger partial charge in [0.2, 0.25) is 0 Å². The molecule has 0 amide bonds. The van der Waals surface area contributed by atoms with Crippen LogP contribution < -0.4 is 10.1 Å². The summed E-state index contributed by atoms with van der Waals surface area (Å²) < 4.78 is 23.6. The van der Waals surface area contributed by atoms with Crippen LogP contribution >= 0.6 is 0 Å². The Hall–Kier alpha value is -1.17. The van der Waals surface area contributed by atoms with Crippen LogP contribution in [-0.2, 0) is 4.74 Å². The molecule has 2 rings (SSSR count). The predicted molar refractivity (Wildman–Crippen MR) is 69.7 cm³/mol. The summed E-state index contributed by atoms with van der Waals surface area (Å²) >= 11 is 0. The molecule has 106 valence electrons. The van der Waals surface area contributed by atoms with Crippen molar-refractivity contribution >= 4 is 0 Å². The molecular weight excluding hydrogens is 249 g/mol. The second kappa shape index (κ2) is 5.86. The summed E-state index contributed by atoms with van der Waals surface area (Å²) in [6.07, 6.45) is 0. The lowest BCUT2D eigenvalue weighted by atomic mass is 9.86. The minimum absolute atomic E-state index is 0.00410. The second-order valence-electron chi connectivity index (χ2n) is 5.15. The smallest absolute Gasteiger partial charge is 0.165 e. The van der Waals surface area contributed by atoms with E-state index in [0.717, 1.165) is 5.56 Å². The average Bonchev–Trinajstić information content (AvgIpc) is 2.37. The molecule has 1 unspecified atom stereocenters. The minimum Gasteiger partial charge on any atom is -0.494 e. The molecule has 5 heteroatoms. The third kappa shape index (κ3) is 3.05. The van der Waals surface area contributed by atoms with E-state index in [4.69, 9.17) is 9.47 Å². The summed E-state index contributed by atoms with van der Waals surface area (Å²) in [5.74, 6) is -0.118. The van der Waals surface area contributed by atoms with Gasteiger partial charge in [0.25, 0.3) is 0 Å². The van der Waals surface area contributed by atoms with Crippen LogP contribution in [0.2, 0.25) is 0 Å². The molecule has 0 spiro atoms. The molecule has 2 N–H and O–H groups in total. The summed E-state index contributed by atoms with van der Waals surface area (Å²) in [6, 6.07) is 4.93. The Labute approximate surface area is 112 Å². The number of methoxy groups -OCH3 is 1. The van der Waals surface area contributed by atoms with Crippen molar-refractivity contribution in [1.82, 2.24) is 5.32 Å². The zero-order valence-electron chi connectivity index (χ0n) is 11.3. The number of rotatable bonds is 6. The van der Waals surface area contributed by atoms with Gasteiger partial charge in [0.1, 0.15) is 0 Å². The molecule has 0 aliphatic carbocycles. The van der Waals surface area contributed by atoms with Gasteiger partial charge in [-0.3, -0.25) is 0 Å². The van der Waals surface area contributed by atoms with Crippen LogP contribution in [0.3, 0.4) is 0 Å². The van der Waals surface area contributed by atoms with E-state index in [1.165, 1.54) is 13.2 Å². The SMILES string of the molecule is COc1ccc(C(C)NCC2(CO)COC2)cc1F. The molecule has 1 atom stereocenters. The summed E-state index contributed by atoms with van der Waals surface area (Å²) in [5, 5.41) is 12.6. The number of benzene rings is 1. The predicted octanol–water partition coefficient (Wildman–Crippen LogP) is 1.49. The first-order chi connectivity index (χ1) is 9.10. The van der Waals surface area contributed by atoms with E-state index in [9.17, 15) is 9.50 Å². The Morgan fingerprint density at radius 3 is 2.74 bits per heavy atom. The van der Waals surface area contributed by atoms with Crippen LogP contribution in [0.15, 0.2) is 18.2 Å². The molecule has 1 aromatic rings. The first kappa shape index (κ1) is 14.2. The lowest BCUT2D eigenvalue weighted by molar-refractivity contribution is -0.135. The highest BCUT2D eigenvalue weighted by Gasteiger charge is 2.38. The maximum absolute atomic E-state index is 13.6. The fourth-order valence-electron chi connectivity index (χ4n) is 2.08. The lowest BCUT2D eigenvalue weighted by Gasteiger charge is -2.40. The van der Waals surface area contributed by atoms with E-state index < -0.39 is 0 Å². The van der Waals surface area contributed by atoms with Gasteiger partial charge in [-0.05, 0) is 24.6 Å². The number of aliphatic hydroxyl groups is 1. The van der Waals surface area contributed by atoms with Gasteiger partial charge in [-0.1, -0.05) is 6.07 Å². The van der Waals surface area contributed by atoms with Crippen LogP contribution in [-0.4, -0.2) is 38.6 Å². The Morgan fingerprint density at radius 1 is 1.53 bits per heavy atom. The largest absolute Gasteiger partial charge is 0.494 e. The van der Waals surface area contributed by atoms with Crippen LogP contribution in [0.25, 0.3) is 0 Å². The van der Waals surface area contributed by atoms with Crippen molar-refractivity contribution in [3.8, 4) is 5.75 Å². The summed E-state index contributed by atoms with van der Waals surface area (Å²) in [7, 11) is 1.45. The topological polar surface area (TPSA) is 50.7 Å². The molecule has 1 aliphatic rings. The Bertz CT molecular complexity index is 429. The van der Waals surface area contributed by atoms with Crippen LogP contribution in [0.4, 0.5) is 4.39 Å². The fraction of sp³-hybridized carbons (Fsp3) is 0.571. The molecule has 0 saturated carbocycles. The van der Waals surface area contributed by atoms with E-state index in [-0.39, 0.29) is 29.6 Å². The highest BCUT2D eigenvalue weighted by atomic mass is 19.1. The van der Waals surface area contributed by atoms with E-state index in [1.807, 2.05) is 13.0 Å². The molecule has 4 nitrogen and oxygen atoms in total. The molecule has 1 aromatic carbocycles. The third-order valence-electron chi connectivity index (χ3n) is 3.61. The minimum atomic E-state index is -0.363. The van der Waals surface area contributed by atoms with E-state index in [2.05, 4.69) is 5.32 Å². The van der Waals surface area contributed by atoms with E-state index >= 15 is 0 Å². The highest BCUT2D eigenvalue weighted by Crippen LogP contribution is 2.27. The Kier molecular flexibility index (Phi) is 4.39. The number of hydrogen-bond donors (Lipinski definition) is 2. The van der Waals surface area contributed by atoms with Gasteiger partial charge in [-0.25, -0.2) is 4.39 Å². The van der Waals surface area contributed by atoms with Crippen LogP contribution in [0, 0.1) is 11.2 Å². The first-order valence-electron chi connectivity index (χ1n) is 6.36. The van der Waals surface area contributed by atoms with Gasteiger partial charge in [0.05, 0.1) is 32.3 Å². The van der Waals surface area contributed by atoms with E-state index in [0.29, 0.717) is 19.8 Å². The quantitative estimate of drug-likeness (QED) is 0.821. The van der Waals surface area contributed by atoms with Crippen LogP contribution in [0.5, 0.6) is 5.75 Å². The Balaban J connectivity index is 1.96. The van der Waals surface area contributed by atoms with Crippen molar-refractivity contribution in [3.05, 3.63) is 29.6 Å². The van der Waals surface area contributed by atoms with Gasteiger partial charge in [-0.15, -0.1) is 0 Å². The van der Waals surface area contributed by atoms with Crippen molar-refractivity contribution in [2.75, 3.05) is 33.5 Å². The lowest BCUT2D eigenvalue weighted by Crippen LogP contribution is -2.52. The molecule has 0 aromatic heterocycles. The van der Waals surface area contributed by atoms with Crippen molar-refractivity contribution in [3.63, 3.8) is 0 Å². The standard InChI is InChI=1S/C14H20FNO3/c1-10(16-6-14(7-17)8-19-9-14)11-3-4-13(18-2)12(15)5-11/h3-5,10,16-17H,6-9H2,1-2H3. The first-order valence-corrected chi connectivity index (χ1v) is 6.36. The fourth-order valence-corrected chi connectivity index (χ4v) is 2.08. The maximum Gasteiger partial charge on any atom is 0.165 e. The Morgan fingerprint density at radius 2 is 2.26 bits per heavy atom. The second-order valence-corrected chi connectivity index (χ2v) is 5.15. The highest BCUT2D eigenvalue weighted by molar-refractivity contribution is 5.30. The monoisotopic (exact) mass is 269 g/mol. The van der Waals surface area contributed by atoms with Crippen molar-refractivity contribution in [1.29, 1.82) is 0 Å². The van der Waals surface area contributed by atoms with Crippen molar-refractivity contribution in [2.45, 2.75) is 13.0 Å². The number of aliphatic hydroxyl groups excluding tert-OH is 1. The molecule has 0 bridgehead atoms. The average molecular weight is 269 g/mol. The van der Waals surface area contributed by atoms with E-state index in [1.54, 1.807) is 6.07 Å². The summed E-state index contributed by atoms with van der Waals surface area (Å²) in [5.41, 5.74) is 0.672. The number of hydrogen-bond acceptors (Lipinski definition) is 4. The normalized spacial score (nSPS) is 18.7. The van der Waals surface area contributed by atoms with Gasteiger partial charge < -0.3 is 19.9 Å². The molecule has 1 heterocycles. The summed E-state index contributed by atoms with van der Waals surface area (Å²) in [4.78, 5) is 0. The maximum atomic E-state index is 13.6. The number of halogens is 1. The van der Waals surface area contributed by atoms with Gasteiger partial charge in [0, 0.05) is 12.6 Å². The van der Waals surface area contributed by atoms with Gasteiger partial charge >= 0.3 is 0 Å². The molecule has 1 saturated heterocycles. The summed E-state index contributed by atoms with van der Waals surface area (Å²) in [6.45, 7) is 3.86. The van der Waals surface area contributed by atoms with Crippen molar-refractivity contribution in [2.24, 2.45) is 5.41 Å². The zero-order valence-corrected chi connectivity index (χ0v) is 11.3. The molecular formula is C14H20FNO3. The third-order valence-corrected chi connectivity index (χ3v) is 3.61. The van der Waals surface area contributed by atoms with Gasteiger partial charge in [-0.2, -0.15) is 0 Å². The van der Waals surface area contributed by atoms with Crippen molar-refractivity contribution < 1.29 is 19.0 Å². The van der Waals surface area contributed by atoms with Crippen LogP contribution in [0.1, 0.15) is 18.5 Å². The zero-order chi connectivity index (χ0) is 13.9. The number of nitrogens with one attached hydrogen (secondary N) is 1. The number of ether oxygens (including phenoxy) is 2.